The first-order chi connectivity index (χ1) is 14.6. The van der Waals surface area contributed by atoms with Crippen LogP contribution in [0.15, 0.2) is 60.9 Å². The van der Waals surface area contributed by atoms with Gasteiger partial charge in [0, 0.05) is 12.5 Å². The van der Waals surface area contributed by atoms with Gasteiger partial charge in [-0.25, -0.2) is 4.98 Å². The predicted octanol–water partition coefficient (Wildman–Crippen LogP) is 4.04. The zero-order chi connectivity index (χ0) is 20.6. The molecular weight excluding hydrogens is 394 g/mol. The second-order valence-corrected chi connectivity index (χ2v) is 9.13. The Hall–Kier alpha value is -3.06. The Labute approximate surface area is 179 Å². The molecule has 6 nitrogen and oxygen atoms in total. The van der Waals surface area contributed by atoms with Gasteiger partial charge >= 0.3 is 0 Å². The van der Waals surface area contributed by atoms with Gasteiger partial charge in [0.1, 0.15) is 6.33 Å². The Balaban J connectivity index is 1.41. The summed E-state index contributed by atoms with van der Waals surface area (Å²) < 4.78 is 3.22. The third-order valence-corrected chi connectivity index (χ3v) is 6.79. The van der Waals surface area contributed by atoms with Crippen LogP contribution in [0.3, 0.4) is 0 Å². The summed E-state index contributed by atoms with van der Waals surface area (Å²) in [5, 5.41) is 12.3. The van der Waals surface area contributed by atoms with Crippen molar-refractivity contribution < 1.29 is 4.79 Å². The zero-order valence-corrected chi connectivity index (χ0v) is 17.6. The van der Waals surface area contributed by atoms with Crippen LogP contribution in [0, 0.1) is 0 Å². The number of fused-ring (bicyclic) bond motifs is 1. The molecule has 2 aromatic heterocycles. The van der Waals surface area contributed by atoms with Gasteiger partial charge in [0.25, 0.3) is 0 Å². The topological polar surface area (TPSA) is 72.7 Å². The maximum atomic E-state index is 13.5. The van der Waals surface area contributed by atoms with Crippen LogP contribution >= 0.6 is 11.3 Å². The molecule has 1 unspecified atom stereocenters. The standard InChI is InChI=1S/C23H23N5OS/c1-23(16-7-3-2-4-8-16,13-21-26-18-9-5-6-10-19(18)30-21)22(29)24-14-20-27-25-15-28(20)17-11-12-17/h2-10,15,17H,11-14H2,1H3,(H,24,29). The molecule has 0 spiro atoms. The third kappa shape index (κ3) is 3.61. The van der Waals surface area contributed by atoms with Crippen LogP contribution in [0.5, 0.6) is 0 Å². The molecule has 0 bridgehead atoms. The average molecular weight is 418 g/mol. The third-order valence-electron chi connectivity index (χ3n) is 5.75. The number of amides is 1. The number of nitrogens with zero attached hydrogens (tertiary/aromatic N) is 4. The van der Waals surface area contributed by atoms with E-state index in [1.807, 2.05) is 55.5 Å². The molecule has 1 N–H and O–H groups in total. The molecule has 4 aromatic rings. The number of hydrogen-bond acceptors (Lipinski definition) is 5. The molecule has 2 heterocycles. The van der Waals surface area contributed by atoms with Crippen molar-refractivity contribution in [3.8, 4) is 0 Å². The SMILES string of the molecule is CC(Cc1nc2ccccc2s1)(C(=O)NCc1nncn1C1CC1)c1ccccc1. The van der Waals surface area contributed by atoms with E-state index in [1.165, 1.54) is 0 Å². The minimum atomic E-state index is -0.737. The number of hydrogen-bond donors (Lipinski definition) is 1. The lowest BCUT2D eigenvalue weighted by Crippen LogP contribution is -2.44. The van der Waals surface area contributed by atoms with Gasteiger partial charge in [-0.3, -0.25) is 4.79 Å². The minimum Gasteiger partial charge on any atom is -0.348 e. The Bertz CT molecular complexity index is 1150. The van der Waals surface area contributed by atoms with E-state index in [4.69, 9.17) is 4.98 Å². The van der Waals surface area contributed by atoms with Gasteiger partial charge in [-0.1, -0.05) is 42.5 Å². The van der Waals surface area contributed by atoms with E-state index in [2.05, 4.69) is 26.1 Å². The number of rotatable bonds is 7. The molecule has 152 valence electrons. The van der Waals surface area contributed by atoms with Gasteiger partial charge in [-0.2, -0.15) is 0 Å². The van der Waals surface area contributed by atoms with Crippen molar-refractivity contribution in [2.45, 2.75) is 44.2 Å². The first kappa shape index (κ1) is 18.9. The fraction of sp³-hybridized carbons (Fsp3) is 0.304. The number of carbonyl (C=O) groups excluding carboxylic acids is 1. The van der Waals surface area contributed by atoms with Gasteiger partial charge in [-0.15, -0.1) is 21.5 Å². The molecule has 1 saturated carbocycles. The summed E-state index contributed by atoms with van der Waals surface area (Å²) in [5.74, 6) is 0.777. The zero-order valence-electron chi connectivity index (χ0n) is 16.8. The van der Waals surface area contributed by atoms with Gasteiger partial charge in [0.2, 0.25) is 5.91 Å². The maximum Gasteiger partial charge on any atom is 0.231 e. The highest BCUT2D eigenvalue weighted by molar-refractivity contribution is 7.18. The molecule has 1 amide bonds. The van der Waals surface area contributed by atoms with Crippen molar-refractivity contribution in [3.05, 3.63) is 77.3 Å². The van der Waals surface area contributed by atoms with E-state index < -0.39 is 5.41 Å². The fourth-order valence-electron chi connectivity index (χ4n) is 3.82. The van der Waals surface area contributed by atoms with E-state index in [-0.39, 0.29) is 5.91 Å². The molecule has 1 atom stereocenters. The summed E-state index contributed by atoms with van der Waals surface area (Å²) in [7, 11) is 0. The highest BCUT2D eigenvalue weighted by atomic mass is 32.1. The van der Waals surface area contributed by atoms with Gasteiger partial charge in [0.15, 0.2) is 5.82 Å². The van der Waals surface area contributed by atoms with Crippen molar-refractivity contribution in [1.29, 1.82) is 0 Å². The Kier molecular flexibility index (Phi) is 4.83. The van der Waals surface area contributed by atoms with Crippen molar-refractivity contribution in [1.82, 2.24) is 25.1 Å². The van der Waals surface area contributed by atoms with Crippen LogP contribution < -0.4 is 5.32 Å². The molecule has 5 rings (SSSR count). The first-order valence-corrected chi connectivity index (χ1v) is 11.0. The van der Waals surface area contributed by atoms with E-state index in [9.17, 15) is 4.79 Å². The van der Waals surface area contributed by atoms with E-state index in [0.717, 1.165) is 39.5 Å². The number of thiazole rings is 1. The van der Waals surface area contributed by atoms with Gasteiger partial charge < -0.3 is 9.88 Å². The van der Waals surface area contributed by atoms with Crippen molar-refractivity contribution in [2.24, 2.45) is 0 Å². The smallest absolute Gasteiger partial charge is 0.231 e. The monoisotopic (exact) mass is 417 g/mol. The van der Waals surface area contributed by atoms with Crippen LogP contribution in [-0.4, -0.2) is 25.7 Å². The Morgan fingerprint density at radius 1 is 1.17 bits per heavy atom. The van der Waals surface area contributed by atoms with Crippen molar-refractivity contribution in [3.63, 3.8) is 0 Å². The average Bonchev–Trinajstić information content (AvgIpc) is 3.36. The minimum absolute atomic E-state index is 0.0293. The van der Waals surface area contributed by atoms with E-state index in [1.54, 1.807) is 17.7 Å². The molecule has 1 aliphatic carbocycles. The first-order valence-electron chi connectivity index (χ1n) is 10.2. The summed E-state index contributed by atoms with van der Waals surface area (Å²) in [6.45, 7) is 2.37. The second kappa shape index (κ2) is 7.65. The fourth-order valence-corrected chi connectivity index (χ4v) is 4.95. The number of nitrogens with one attached hydrogen (secondary N) is 1. The van der Waals surface area contributed by atoms with Crippen LogP contribution in [-0.2, 0) is 23.2 Å². The molecule has 2 aromatic carbocycles. The molecule has 0 radical (unpaired) electrons. The van der Waals surface area contributed by atoms with Crippen LogP contribution in [0.1, 0.15) is 42.2 Å². The molecule has 30 heavy (non-hydrogen) atoms. The largest absolute Gasteiger partial charge is 0.348 e. The molecule has 0 saturated heterocycles. The van der Waals surface area contributed by atoms with Crippen molar-refractivity contribution in [2.75, 3.05) is 0 Å². The van der Waals surface area contributed by atoms with Crippen LogP contribution in [0.4, 0.5) is 0 Å². The maximum absolute atomic E-state index is 13.5. The second-order valence-electron chi connectivity index (χ2n) is 8.02. The summed E-state index contributed by atoms with van der Waals surface area (Å²) in [6, 6.07) is 18.5. The number of aromatic nitrogens is 4. The van der Waals surface area contributed by atoms with E-state index in [0.29, 0.717) is 19.0 Å². The number of carbonyl (C=O) groups is 1. The Morgan fingerprint density at radius 2 is 1.93 bits per heavy atom. The summed E-state index contributed by atoms with van der Waals surface area (Å²) >= 11 is 1.65. The summed E-state index contributed by atoms with van der Waals surface area (Å²) in [4.78, 5) is 18.3. The highest BCUT2D eigenvalue weighted by Crippen LogP contribution is 2.35. The normalized spacial score (nSPS) is 15.8. The van der Waals surface area contributed by atoms with Crippen LogP contribution in [0.25, 0.3) is 10.2 Å². The molecular formula is C23H23N5OS. The lowest BCUT2D eigenvalue weighted by Gasteiger charge is -2.28. The van der Waals surface area contributed by atoms with Gasteiger partial charge in [-0.05, 0) is 37.5 Å². The lowest BCUT2D eigenvalue weighted by atomic mass is 9.78. The van der Waals surface area contributed by atoms with Crippen LogP contribution in [0.2, 0.25) is 0 Å². The predicted molar refractivity (Wildman–Crippen MR) is 117 cm³/mol. The summed E-state index contributed by atoms with van der Waals surface area (Å²) in [6.07, 6.45) is 4.60. The number of para-hydroxylation sites is 1. The highest BCUT2D eigenvalue weighted by Gasteiger charge is 2.37. The molecule has 1 fully saturated rings. The van der Waals surface area contributed by atoms with Crippen molar-refractivity contribution >= 4 is 27.5 Å². The quantitative estimate of drug-likeness (QED) is 0.493. The summed E-state index contributed by atoms with van der Waals surface area (Å²) in [5.41, 5.74) is 1.22. The molecule has 7 heteroatoms. The Morgan fingerprint density at radius 3 is 2.70 bits per heavy atom. The molecule has 1 aliphatic rings. The molecule has 0 aliphatic heterocycles. The number of benzene rings is 2. The van der Waals surface area contributed by atoms with Gasteiger partial charge in [0.05, 0.1) is 27.2 Å². The van der Waals surface area contributed by atoms with E-state index >= 15 is 0 Å². The lowest BCUT2D eigenvalue weighted by molar-refractivity contribution is -0.126.